The summed E-state index contributed by atoms with van der Waals surface area (Å²) in [5.74, 6) is 1.22. The Labute approximate surface area is 129 Å². The van der Waals surface area contributed by atoms with Crippen LogP contribution in [-0.4, -0.2) is 30.0 Å². The lowest BCUT2D eigenvalue weighted by Gasteiger charge is -2.35. The first-order valence-corrected chi connectivity index (χ1v) is 7.67. The van der Waals surface area contributed by atoms with Gasteiger partial charge in [-0.1, -0.05) is 48.5 Å². The van der Waals surface area contributed by atoms with E-state index in [4.69, 9.17) is 9.57 Å². The standard InChI is InChI=1S/C18H19NO3/c20-10-16(13-6-2-1-3-7-13)19-18-14(12-22-19)11-21-17-9-5-4-8-15(17)18/h1-9,14,16,18,20H,10-12H2/t14-,16+,18+/m1/s1. The van der Waals surface area contributed by atoms with Crippen molar-refractivity contribution >= 4 is 0 Å². The van der Waals surface area contributed by atoms with E-state index in [0.29, 0.717) is 19.1 Å². The Morgan fingerprint density at radius 1 is 1.05 bits per heavy atom. The van der Waals surface area contributed by atoms with E-state index in [1.54, 1.807) is 0 Å². The van der Waals surface area contributed by atoms with Crippen molar-refractivity contribution in [1.82, 2.24) is 5.06 Å². The van der Waals surface area contributed by atoms with Gasteiger partial charge in [0.1, 0.15) is 5.75 Å². The maximum atomic E-state index is 9.93. The molecule has 2 aromatic carbocycles. The van der Waals surface area contributed by atoms with Gasteiger partial charge >= 0.3 is 0 Å². The van der Waals surface area contributed by atoms with Gasteiger partial charge in [-0.05, 0) is 11.6 Å². The molecule has 1 saturated heterocycles. The summed E-state index contributed by atoms with van der Waals surface area (Å²) in [4.78, 5) is 5.96. The van der Waals surface area contributed by atoms with Gasteiger partial charge in [-0.2, -0.15) is 5.06 Å². The molecule has 4 nitrogen and oxygen atoms in total. The summed E-state index contributed by atoms with van der Waals surface area (Å²) in [7, 11) is 0. The molecule has 1 N–H and O–H groups in total. The van der Waals surface area contributed by atoms with Crippen LogP contribution in [0.5, 0.6) is 5.75 Å². The van der Waals surface area contributed by atoms with E-state index in [0.717, 1.165) is 16.9 Å². The lowest BCUT2D eigenvalue weighted by atomic mass is 9.90. The van der Waals surface area contributed by atoms with Crippen molar-refractivity contribution in [2.45, 2.75) is 12.1 Å². The van der Waals surface area contributed by atoms with Crippen molar-refractivity contribution in [2.75, 3.05) is 19.8 Å². The summed E-state index contributed by atoms with van der Waals surface area (Å²) in [6.45, 7) is 1.31. The molecule has 2 aliphatic rings. The number of ether oxygens (including phenoxy) is 1. The number of hydrogen-bond donors (Lipinski definition) is 1. The number of aliphatic hydroxyl groups excluding tert-OH is 1. The number of aliphatic hydroxyl groups is 1. The zero-order valence-electron chi connectivity index (χ0n) is 12.3. The van der Waals surface area contributed by atoms with E-state index in [-0.39, 0.29) is 18.7 Å². The molecule has 0 unspecified atom stereocenters. The third kappa shape index (κ3) is 2.20. The van der Waals surface area contributed by atoms with Crippen LogP contribution in [0.4, 0.5) is 0 Å². The van der Waals surface area contributed by atoms with Gasteiger partial charge in [0.05, 0.1) is 31.9 Å². The Morgan fingerprint density at radius 2 is 1.82 bits per heavy atom. The summed E-state index contributed by atoms with van der Waals surface area (Å²) >= 11 is 0. The molecule has 0 saturated carbocycles. The highest BCUT2D eigenvalue weighted by molar-refractivity contribution is 5.38. The van der Waals surface area contributed by atoms with Crippen LogP contribution >= 0.6 is 0 Å². The van der Waals surface area contributed by atoms with E-state index in [1.165, 1.54) is 0 Å². The number of para-hydroxylation sites is 1. The summed E-state index contributed by atoms with van der Waals surface area (Å²) in [5, 5.41) is 11.9. The number of hydrogen-bond acceptors (Lipinski definition) is 4. The van der Waals surface area contributed by atoms with Crippen LogP contribution in [0.3, 0.4) is 0 Å². The Hall–Kier alpha value is -1.88. The summed E-state index contributed by atoms with van der Waals surface area (Å²) in [6, 6.07) is 18.1. The Bertz CT molecular complexity index is 646. The van der Waals surface area contributed by atoms with Crippen molar-refractivity contribution in [1.29, 1.82) is 0 Å². The van der Waals surface area contributed by atoms with Crippen LogP contribution in [-0.2, 0) is 4.84 Å². The minimum Gasteiger partial charge on any atom is -0.493 e. The molecule has 0 amide bonds. The highest BCUT2D eigenvalue weighted by Crippen LogP contribution is 2.46. The molecule has 0 aliphatic carbocycles. The lowest BCUT2D eigenvalue weighted by Crippen LogP contribution is -2.34. The monoisotopic (exact) mass is 297 g/mol. The van der Waals surface area contributed by atoms with Gasteiger partial charge in [-0.3, -0.25) is 4.84 Å². The van der Waals surface area contributed by atoms with E-state index in [2.05, 4.69) is 6.07 Å². The van der Waals surface area contributed by atoms with Gasteiger partial charge < -0.3 is 9.84 Å². The molecule has 0 radical (unpaired) electrons. The highest BCUT2D eigenvalue weighted by Gasteiger charge is 2.44. The van der Waals surface area contributed by atoms with Crippen molar-refractivity contribution in [3.05, 3.63) is 65.7 Å². The van der Waals surface area contributed by atoms with Gasteiger partial charge in [-0.25, -0.2) is 0 Å². The minimum atomic E-state index is -0.164. The highest BCUT2D eigenvalue weighted by atomic mass is 16.7. The fraction of sp³-hybridized carbons (Fsp3) is 0.333. The topological polar surface area (TPSA) is 41.9 Å². The molecular weight excluding hydrogens is 278 g/mol. The second-order valence-corrected chi connectivity index (χ2v) is 5.82. The second-order valence-electron chi connectivity index (χ2n) is 5.82. The average molecular weight is 297 g/mol. The Kier molecular flexibility index (Phi) is 3.58. The number of hydroxylamine groups is 2. The smallest absolute Gasteiger partial charge is 0.124 e. The predicted molar refractivity (Wildman–Crippen MR) is 82.2 cm³/mol. The molecule has 1 fully saturated rings. The molecule has 4 rings (SSSR count). The fourth-order valence-corrected chi connectivity index (χ4v) is 3.44. The van der Waals surface area contributed by atoms with Crippen molar-refractivity contribution in [2.24, 2.45) is 5.92 Å². The van der Waals surface area contributed by atoms with E-state index >= 15 is 0 Å². The van der Waals surface area contributed by atoms with Gasteiger partial charge in [0.25, 0.3) is 0 Å². The molecule has 0 bridgehead atoms. The van der Waals surface area contributed by atoms with Crippen LogP contribution < -0.4 is 4.74 Å². The molecule has 22 heavy (non-hydrogen) atoms. The van der Waals surface area contributed by atoms with Crippen LogP contribution in [0.15, 0.2) is 54.6 Å². The predicted octanol–water partition coefficient (Wildman–Crippen LogP) is 2.72. The average Bonchev–Trinajstić information content (AvgIpc) is 3.01. The number of rotatable bonds is 3. The first-order chi connectivity index (χ1) is 10.9. The second kappa shape index (κ2) is 5.72. The molecule has 4 heteroatoms. The molecule has 0 aromatic heterocycles. The first-order valence-electron chi connectivity index (χ1n) is 7.67. The van der Waals surface area contributed by atoms with Crippen LogP contribution in [0, 0.1) is 5.92 Å². The zero-order valence-corrected chi connectivity index (χ0v) is 12.3. The van der Waals surface area contributed by atoms with Crippen LogP contribution in [0.25, 0.3) is 0 Å². The van der Waals surface area contributed by atoms with Gasteiger partial charge in [0.2, 0.25) is 0 Å². The largest absolute Gasteiger partial charge is 0.493 e. The maximum absolute atomic E-state index is 9.93. The third-order valence-corrected chi connectivity index (χ3v) is 4.51. The molecule has 2 aromatic rings. The zero-order chi connectivity index (χ0) is 14.9. The minimum absolute atomic E-state index is 0.0241. The maximum Gasteiger partial charge on any atom is 0.124 e. The van der Waals surface area contributed by atoms with E-state index in [1.807, 2.05) is 53.6 Å². The van der Waals surface area contributed by atoms with Gasteiger partial charge in [0.15, 0.2) is 0 Å². The lowest BCUT2D eigenvalue weighted by molar-refractivity contribution is -0.175. The number of benzene rings is 2. The van der Waals surface area contributed by atoms with Crippen molar-refractivity contribution in [3.8, 4) is 5.75 Å². The summed E-state index contributed by atoms with van der Waals surface area (Å²) in [6.07, 6.45) is 0. The van der Waals surface area contributed by atoms with Crippen molar-refractivity contribution in [3.63, 3.8) is 0 Å². The molecule has 0 spiro atoms. The van der Waals surface area contributed by atoms with Crippen molar-refractivity contribution < 1.29 is 14.7 Å². The molecule has 114 valence electrons. The summed E-state index contributed by atoms with van der Waals surface area (Å²) in [5.41, 5.74) is 2.21. The quantitative estimate of drug-likeness (QED) is 0.946. The van der Waals surface area contributed by atoms with E-state index < -0.39 is 0 Å². The number of fused-ring (bicyclic) bond motifs is 3. The molecule has 2 aliphatic heterocycles. The van der Waals surface area contributed by atoms with Crippen LogP contribution in [0.2, 0.25) is 0 Å². The van der Waals surface area contributed by atoms with Crippen LogP contribution in [0.1, 0.15) is 23.2 Å². The SMILES string of the molecule is OC[C@@H](c1ccccc1)N1OC[C@H]2COc3ccccc3[C@H]21. The Balaban J connectivity index is 1.71. The van der Waals surface area contributed by atoms with Gasteiger partial charge in [0, 0.05) is 11.5 Å². The molecule has 3 atom stereocenters. The first kappa shape index (κ1) is 13.8. The fourth-order valence-electron chi connectivity index (χ4n) is 3.44. The summed E-state index contributed by atoms with van der Waals surface area (Å²) < 4.78 is 5.84. The third-order valence-electron chi connectivity index (χ3n) is 4.51. The van der Waals surface area contributed by atoms with E-state index in [9.17, 15) is 5.11 Å². The molecule has 2 heterocycles. The normalized spacial score (nSPS) is 25.1. The van der Waals surface area contributed by atoms with Gasteiger partial charge in [-0.15, -0.1) is 0 Å². The molecular formula is C18H19NO3. The Morgan fingerprint density at radius 3 is 2.64 bits per heavy atom. The number of nitrogens with zero attached hydrogens (tertiary/aromatic N) is 1.